The van der Waals surface area contributed by atoms with Crippen LogP contribution in [0, 0.1) is 5.82 Å². The van der Waals surface area contributed by atoms with Gasteiger partial charge in [-0.25, -0.2) is 14.4 Å². The molecular weight excluding hydrogens is 492 g/mol. The normalized spacial score (nSPS) is 18.3. The van der Waals surface area contributed by atoms with E-state index in [4.69, 9.17) is 9.47 Å². The second kappa shape index (κ2) is 9.91. The number of piperidine rings is 1. The Hall–Kier alpha value is -3.83. The van der Waals surface area contributed by atoms with Gasteiger partial charge in [-0.15, -0.1) is 0 Å². The molecule has 37 heavy (non-hydrogen) atoms. The van der Waals surface area contributed by atoms with Crippen LogP contribution in [0.2, 0.25) is 0 Å². The number of likely N-dealkylation sites (N-methyl/N-ethyl adjacent to an activating group) is 1. The van der Waals surface area contributed by atoms with Crippen molar-refractivity contribution in [1.29, 1.82) is 0 Å². The van der Waals surface area contributed by atoms with Crippen LogP contribution in [-0.2, 0) is 6.18 Å². The number of alkyl halides is 3. The molecule has 0 saturated carbocycles. The number of aromatic nitrogens is 3. The molecule has 4 heterocycles. The number of anilines is 3. The number of hydrogen-bond acceptors (Lipinski definition) is 8. The van der Waals surface area contributed by atoms with E-state index in [1.165, 1.54) is 6.20 Å². The molecule has 1 saturated heterocycles. The Morgan fingerprint density at radius 3 is 2.62 bits per heavy atom. The van der Waals surface area contributed by atoms with Crippen molar-refractivity contribution < 1.29 is 27.0 Å². The number of methoxy groups -OCH3 is 1. The number of pyridine rings is 1. The summed E-state index contributed by atoms with van der Waals surface area (Å²) >= 11 is 0. The molecule has 2 aromatic heterocycles. The molecule has 1 atom stereocenters. The number of ether oxygens (including phenoxy) is 2. The van der Waals surface area contributed by atoms with Gasteiger partial charge in [0.1, 0.15) is 12.4 Å². The van der Waals surface area contributed by atoms with E-state index in [0.717, 1.165) is 49.8 Å². The van der Waals surface area contributed by atoms with Crippen LogP contribution < -0.4 is 24.6 Å². The summed E-state index contributed by atoms with van der Waals surface area (Å²) in [6, 6.07) is 5.56. The van der Waals surface area contributed by atoms with Crippen molar-refractivity contribution in [2.75, 3.05) is 49.0 Å². The Balaban J connectivity index is 1.30. The molecule has 2 aliphatic heterocycles. The van der Waals surface area contributed by atoms with E-state index in [0.29, 0.717) is 23.4 Å². The first kappa shape index (κ1) is 24.8. The summed E-state index contributed by atoms with van der Waals surface area (Å²) in [7, 11) is 3.20. The van der Waals surface area contributed by atoms with E-state index < -0.39 is 23.6 Å². The molecule has 3 aromatic rings. The maximum Gasteiger partial charge on any atom is 0.416 e. The van der Waals surface area contributed by atoms with Gasteiger partial charge in [-0.1, -0.05) is 0 Å². The predicted octanol–water partition coefficient (Wildman–Crippen LogP) is 4.69. The molecule has 1 N–H and O–H groups in total. The van der Waals surface area contributed by atoms with Crippen LogP contribution in [0.25, 0.3) is 0 Å². The third-order valence-electron chi connectivity index (χ3n) is 6.73. The summed E-state index contributed by atoms with van der Waals surface area (Å²) in [5.74, 6) is 0.867. The van der Waals surface area contributed by atoms with Crippen molar-refractivity contribution in [1.82, 2.24) is 15.0 Å². The average Bonchev–Trinajstić information content (AvgIpc) is 2.89. The van der Waals surface area contributed by atoms with Gasteiger partial charge in [-0.2, -0.15) is 18.2 Å². The number of benzene rings is 1. The van der Waals surface area contributed by atoms with Crippen molar-refractivity contribution in [3.8, 4) is 11.6 Å². The van der Waals surface area contributed by atoms with E-state index in [1.807, 2.05) is 12.1 Å². The Kier molecular flexibility index (Phi) is 6.65. The van der Waals surface area contributed by atoms with Crippen LogP contribution in [0.5, 0.6) is 11.6 Å². The Morgan fingerprint density at radius 1 is 1.11 bits per heavy atom. The molecule has 8 nitrogen and oxygen atoms in total. The smallest absolute Gasteiger partial charge is 0.416 e. The summed E-state index contributed by atoms with van der Waals surface area (Å²) in [6.07, 6.45) is 0.258. The van der Waals surface area contributed by atoms with Crippen LogP contribution in [0.4, 0.5) is 35.0 Å². The summed E-state index contributed by atoms with van der Waals surface area (Å²) in [6.45, 7) is 1.52. The second-order valence-electron chi connectivity index (χ2n) is 9.01. The van der Waals surface area contributed by atoms with Crippen LogP contribution in [0.15, 0.2) is 42.7 Å². The Labute approximate surface area is 211 Å². The van der Waals surface area contributed by atoms with E-state index in [-0.39, 0.29) is 18.2 Å². The minimum atomic E-state index is -4.63. The van der Waals surface area contributed by atoms with Gasteiger partial charge in [0.25, 0.3) is 0 Å². The van der Waals surface area contributed by atoms with Gasteiger partial charge in [-0.3, -0.25) is 0 Å². The highest BCUT2D eigenvalue weighted by atomic mass is 19.4. The maximum atomic E-state index is 13.9. The fraction of sp³-hybridized carbons (Fsp3) is 0.400. The van der Waals surface area contributed by atoms with Gasteiger partial charge in [0.15, 0.2) is 11.6 Å². The second-order valence-corrected chi connectivity index (χ2v) is 9.01. The molecule has 0 amide bonds. The lowest BCUT2D eigenvalue weighted by atomic mass is 9.98. The SMILES string of the molecule is COc1cc(N2CCC(Nc3ncc4c(n3)N(C)C(c3cc(F)ccc3C(F)(F)F)CO4)CC2)ccn1. The quantitative estimate of drug-likeness (QED) is 0.488. The topological polar surface area (TPSA) is 75.6 Å². The van der Waals surface area contributed by atoms with E-state index in [1.54, 1.807) is 25.3 Å². The maximum absolute atomic E-state index is 13.9. The fourth-order valence-electron chi connectivity index (χ4n) is 4.75. The first-order chi connectivity index (χ1) is 17.7. The van der Waals surface area contributed by atoms with Gasteiger partial charge in [0.2, 0.25) is 11.8 Å². The molecule has 5 rings (SSSR count). The zero-order valence-corrected chi connectivity index (χ0v) is 20.3. The summed E-state index contributed by atoms with van der Waals surface area (Å²) in [4.78, 5) is 16.9. The standard InChI is InChI=1S/C25H26F4N6O2/c1-34-20(18-11-15(26)3-4-19(18)25(27,28)29)14-37-21-13-31-24(33-23(21)34)32-16-6-9-35(10-7-16)17-5-8-30-22(12-17)36-2/h3-5,8,11-13,16,20H,6-7,9-10,14H2,1-2H3,(H,31,32,33). The molecule has 1 unspecified atom stereocenters. The number of hydrogen-bond donors (Lipinski definition) is 1. The summed E-state index contributed by atoms with van der Waals surface area (Å²) in [5, 5.41) is 3.34. The van der Waals surface area contributed by atoms with Gasteiger partial charge in [0, 0.05) is 44.1 Å². The molecule has 0 bridgehead atoms. The third-order valence-corrected chi connectivity index (χ3v) is 6.73. The zero-order valence-electron chi connectivity index (χ0n) is 20.3. The predicted molar refractivity (Wildman–Crippen MR) is 130 cm³/mol. The minimum absolute atomic E-state index is 0.0928. The Morgan fingerprint density at radius 2 is 1.89 bits per heavy atom. The number of fused-ring (bicyclic) bond motifs is 1. The molecule has 196 valence electrons. The molecule has 0 radical (unpaired) electrons. The number of rotatable bonds is 5. The van der Waals surface area contributed by atoms with Crippen LogP contribution >= 0.6 is 0 Å². The summed E-state index contributed by atoms with van der Waals surface area (Å²) < 4.78 is 65.7. The number of nitrogens with one attached hydrogen (secondary N) is 1. The van der Waals surface area contributed by atoms with Gasteiger partial charge in [-0.05, 0) is 42.7 Å². The first-order valence-corrected chi connectivity index (χ1v) is 11.8. The lowest BCUT2D eigenvalue weighted by molar-refractivity contribution is -0.138. The minimum Gasteiger partial charge on any atom is -0.486 e. The highest BCUT2D eigenvalue weighted by Crippen LogP contribution is 2.42. The van der Waals surface area contributed by atoms with Gasteiger partial charge >= 0.3 is 6.18 Å². The van der Waals surface area contributed by atoms with E-state index in [9.17, 15) is 17.6 Å². The molecule has 1 aromatic carbocycles. The number of nitrogens with zero attached hydrogens (tertiary/aromatic N) is 5. The van der Waals surface area contributed by atoms with Crippen molar-refractivity contribution in [3.05, 3.63) is 59.7 Å². The third kappa shape index (κ3) is 5.18. The fourth-order valence-corrected chi connectivity index (χ4v) is 4.75. The summed E-state index contributed by atoms with van der Waals surface area (Å²) in [5.41, 5.74) is -0.0617. The molecule has 0 aliphatic carbocycles. The van der Waals surface area contributed by atoms with Crippen molar-refractivity contribution in [2.45, 2.75) is 31.1 Å². The van der Waals surface area contributed by atoms with Crippen LogP contribution in [-0.4, -0.2) is 54.8 Å². The number of halogens is 4. The zero-order chi connectivity index (χ0) is 26.2. The highest BCUT2D eigenvalue weighted by molar-refractivity contribution is 5.58. The first-order valence-electron chi connectivity index (χ1n) is 11.8. The molecule has 12 heteroatoms. The van der Waals surface area contributed by atoms with Gasteiger partial charge < -0.3 is 24.6 Å². The van der Waals surface area contributed by atoms with Crippen molar-refractivity contribution in [2.24, 2.45) is 0 Å². The van der Waals surface area contributed by atoms with E-state index in [2.05, 4.69) is 25.2 Å². The van der Waals surface area contributed by atoms with Gasteiger partial charge in [0.05, 0.1) is 24.9 Å². The van der Waals surface area contributed by atoms with Crippen LogP contribution in [0.1, 0.15) is 30.0 Å². The van der Waals surface area contributed by atoms with E-state index >= 15 is 0 Å². The molecule has 2 aliphatic rings. The molecular formula is C25H26F4N6O2. The lowest BCUT2D eigenvalue weighted by Gasteiger charge is -2.36. The van der Waals surface area contributed by atoms with Crippen molar-refractivity contribution in [3.63, 3.8) is 0 Å². The Bertz CT molecular complexity index is 1270. The lowest BCUT2D eigenvalue weighted by Crippen LogP contribution is -2.39. The molecule has 0 spiro atoms. The highest BCUT2D eigenvalue weighted by Gasteiger charge is 2.38. The van der Waals surface area contributed by atoms with Crippen LogP contribution in [0.3, 0.4) is 0 Å². The largest absolute Gasteiger partial charge is 0.486 e. The monoisotopic (exact) mass is 518 g/mol. The van der Waals surface area contributed by atoms with Crippen molar-refractivity contribution >= 4 is 17.5 Å². The molecule has 1 fully saturated rings. The average molecular weight is 519 g/mol.